The number of aryl methyl sites for hydroxylation is 1. The summed E-state index contributed by atoms with van der Waals surface area (Å²) in [6, 6.07) is 14.5. The van der Waals surface area contributed by atoms with Crippen LogP contribution in [-0.2, 0) is 9.59 Å². The van der Waals surface area contributed by atoms with Crippen LogP contribution in [0.4, 0.5) is 5.69 Å². The number of ketones is 1. The van der Waals surface area contributed by atoms with Gasteiger partial charge in [-0.3, -0.25) is 14.4 Å². The summed E-state index contributed by atoms with van der Waals surface area (Å²) in [5, 5.41) is 0. The number of ether oxygens (including phenoxy) is 1. The summed E-state index contributed by atoms with van der Waals surface area (Å²) in [6.07, 6.45) is 0.222. The van der Waals surface area contributed by atoms with E-state index in [9.17, 15) is 14.4 Å². The molecule has 1 aliphatic rings. The number of hydrogen-bond acceptors (Lipinski definition) is 4. The standard InChI is InChI=1S/C22H24N2O4/c1-16-5-3-4-6-19(16)24-14-13-23(15-22(24)27)21(26)12-11-20(25)17-7-9-18(28-2)10-8-17/h3-10H,11-15H2,1-2H3. The minimum absolute atomic E-state index is 0.0455. The number of methoxy groups -OCH3 is 1. The maximum atomic E-state index is 12.5. The van der Waals surface area contributed by atoms with Crippen molar-refractivity contribution in [3.05, 3.63) is 59.7 Å². The van der Waals surface area contributed by atoms with E-state index in [2.05, 4.69) is 0 Å². The van der Waals surface area contributed by atoms with Gasteiger partial charge in [0.1, 0.15) is 12.3 Å². The summed E-state index contributed by atoms with van der Waals surface area (Å²) in [4.78, 5) is 40.6. The number of Topliss-reactive ketones (excluding diaryl/α,β-unsaturated/α-hetero) is 1. The molecule has 6 heteroatoms. The summed E-state index contributed by atoms with van der Waals surface area (Å²) < 4.78 is 5.08. The number of carbonyl (C=O) groups excluding carboxylic acids is 3. The minimum Gasteiger partial charge on any atom is -0.497 e. The third-order valence-electron chi connectivity index (χ3n) is 4.96. The fraction of sp³-hybridized carbons (Fsp3) is 0.318. The van der Waals surface area contributed by atoms with Gasteiger partial charge in [-0.25, -0.2) is 0 Å². The molecule has 3 rings (SSSR count). The van der Waals surface area contributed by atoms with Gasteiger partial charge in [-0.2, -0.15) is 0 Å². The van der Waals surface area contributed by atoms with Crippen LogP contribution in [0.25, 0.3) is 0 Å². The average Bonchev–Trinajstić information content (AvgIpc) is 2.72. The topological polar surface area (TPSA) is 66.9 Å². The first-order chi connectivity index (χ1) is 13.5. The molecule has 0 unspecified atom stereocenters. The molecule has 0 atom stereocenters. The van der Waals surface area contributed by atoms with Gasteiger partial charge >= 0.3 is 0 Å². The Bertz CT molecular complexity index is 876. The summed E-state index contributed by atoms with van der Waals surface area (Å²) in [5.41, 5.74) is 2.46. The van der Waals surface area contributed by atoms with Crippen LogP contribution in [0.1, 0.15) is 28.8 Å². The highest BCUT2D eigenvalue weighted by Crippen LogP contribution is 2.22. The largest absolute Gasteiger partial charge is 0.497 e. The molecule has 1 fully saturated rings. The third kappa shape index (κ3) is 4.39. The molecule has 1 saturated heterocycles. The Morgan fingerprint density at radius 2 is 1.71 bits per heavy atom. The molecule has 0 saturated carbocycles. The lowest BCUT2D eigenvalue weighted by Crippen LogP contribution is -2.52. The monoisotopic (exact) mass is 380 g/mol. The molecule has 0 aliphatic carbocycles. The Kier molecular flexibility index (Phi) is 6.09. The Balaban J connectivity index is 1.54. The van der Waals surface area contributed by atoms with Crippen LogP contribution in [0.5, 0.6) is 5.75 Å². The predicted octanol–water partition coefficient (Wildman–Crippen LogP) is 2.84. The molecule has 0 N–H and O–H groups in total. The van der Waals surface area contributed by atoms with Crippen molar-refractivity contribution in [1.82, 2.24) is 4.90 Å². The lowest BCUT2D eigenvalue weighted by atomic mass is 10.1. The SMILES string of the molecule is COc1ccc(C(=O)CCC(=O)N2CCN(c3ccccc3C)C(=O)C2)cc1. The number of carbonyl (C=O) groups is 3. The molecule has 2 aromatic rings. The first-order valence-electron chi connectivity index (χ1n) is 9.30. The van der Waals surface area contributed by atoms with Crippen molar-refractivity contribution < 1.29 is 19.1 Å². The van der Waals surface area contributed by atoms with Gasteiger partial charge in [0.2, 0.25) is 11.8 Å². The number of nitrogens with zero attached hydrogens (tertiary/aromatic N) is 2. The smallest absolute Gasteiger partial charge is 0.246 e. The Labute approximate surface area is 164 Å². The highest BCUT2D eigenvalue weighted by atomic mass is 16.5. The zero-order chi connectivity index (χ0) is 20.1. The first kappa shape index (κ1) is 19.6. The van der Waals surface area contributed by atoms with Crippen molar-refractivity contribution in [1.29, 1.82) is 0 Å². The maximum Gasteiger partial charge on any atom is 0.246 e. The first-order valence-corrected chi connectivity index (χ1v) is 9.30. The molecule has 28 heavy (non-hydrogen) atoms. The third-order valence-corrected chi connectivity index (χ3v) is 4.96. The molecule has 0 bridgehead atoms. The van der Waals surface area contributed by atoms with Gasteiger partial charge in [-0.15, -0.1) is 0 Å². The quantitative estimate of drug-likeness (QED) is 0.723. The van der Waals surface area contributed by atoms with E-state index in [4.69, 9.17) is 4.74 Å². The zero-order valence-electron chi connectivity index (χ0n) is 16.2. The van der Waals surface area contributed by atoms with E-state index in [-0.39, 0.29) is 37.0 Å². The molecule has 1 aliphatic heterocycles. The van der Waals surface area contributed by atoms with Gasteiger partial charge in [-0.05, 0) is 42.8 Å². The number of rotatable bonds is 6. The summed E-state index contributed by atoms with van der Waals surface area (Å²) in [6.45, 7) is 2.94. The van der Waals surface area contributed by atoms with Crippen LogP contribution in [0.3, 0.4) is 0 Å². The molecular formula is C22H24N2O4. The average molecular weight is 380 g/mol. The zero-order valence-corrected chi connectivity index (χ0v) is 16.2. The fourth-order valence-electron chi connectivity index (χ4n) is 3.31. The van der Waals surface area contributed by atoms with Crippen molar-refractivity contribution >= 4 is 23.3 Å². The van der Waals surface area contributed by atoms with Crippen molar-refractivity contribution in [2.24, 2.45) is 0 Å². The van der Waals surface area contributed by atoms with Crippen molar-refractivity contribution in [3.8, 4) is 5.75 Å². The normalized spacial score (nSPS) is 14.1. The number of hydrogen-bond donors (Lipinski definition) is 0. The van der Waals surface area contributed by atoms with Crippen LogP contribution < -0.4 is 9.64 Å². The van der Waals surface area contributed by atoms with Gasteiger partial charge in [-0.1, -0.05) is 18.2 Å². The molecule has 0 aromatic heterocycles. The van der Waals surface area contributed by atoms with E-state index in [1.165, 1.54) is 0 Å². The van der Waals surface area contributed by atoms with Gasteiger partial charge in [0, 0.05) is 37.2 Å². The molecule has 146 valence electrons. The molecule has 0 spiro atoms. The molecular weight excluding hydrogens is 356 g/mol. The van der Waals surface area contributed by atoms with Crippen LogP contribution in [0.15, 0.2) is 48.5 Å². The van der Waals surface area contributed by atoms with E-state index in [0.29, 0.717) is 24.4 Å². The van der Waals surface area contributed by atoms with E-state index >= 15 is 0 Å². The highest BCUT2D eigenvalue weighted by Gasteiger charge is 2.28. The number of piperazine rings is 1. The number of amides is 2. The van der Waals surface area contributed by atoms with Crippen molar-refractivity contribution in [2.75, 3.05) is 31.6 Å². The van der Waals surface area contributed by atoms with Crippen molar-refractivity contribution in [2.45, 2.75) is 19.8 Å². The minimum atomic E-state index is -0.167. The lowest BCUT2D eigenvalue weighted by molar-refractivity contribution is -0.136. The Hall–Kier alpha value is -3.15. The van der Waals surface area contributed by atoms with Gasteiger partial charge < -0.3 is 14.5 Å². The molecule has 2 aromatic carbocycles. The summed E-state index contributed by atoms with van der Waals surface area (Å²) >= 11 is 0. The Morgan fingerprint density at radius 3 is 2.36 bits per heavy atom. The van der Waals surface area contributed by atoms with E-state index in [1.54, 1.807) is 41.2 Å². The van der Waals surface area contributed by atoms with Gasteiger partial charge in [0.15, 0.2) is 5.78 Å². The molecule has 1 heterocycles. The molecule has 6 nitrogen and oxygen atoms in total. The number of para-hydroxylation sites is 1. The Morgan fingerprint density at radius 1 is 1.00 bits per heavy atom. The van der Waals surface area contributed by atoms with Crippen LogP contribution in [0.2, 0.25) is 0 Å². The second kappa shape index (κ2) is 8.69. The second-order valence-corrected chi connectivity index (χ2v) is 6.80. The maximum absolute atomic E-state index is 12.5. The molecule has 0 radical (unpaired) electrons. The van der Waals surface area contributed by atoms with Crippen molar-refractivity contribution in [3.63, 3.8) is 0 Å². The van der Waals surface area contributed by atoms with Crippen LogP contribution in [0, 0.1) is 6.92 Å². The lowest BCUT2D eigenvalue weighted by Gasteiger charge is -2.35. The number of benzene rings is 2. The number of anilines is 1. The van der Waals surface area contributed by atoms with Crippen LogP contribution in [-0.4, -0.2) is 49.2 Å². The van der Waals surface area contributed by atoms with E-state index < -0.39 is 0 Å². The second-order valence-electron chi connectivity index (χ2n) is 6.80. The van der Waals surface area contributed by atoms with Crippen LogP contribution >= 0.6 is 0 Å². The highest BCUT2D eigenvalue weighted by molar-refractivity contribution is 6.00. The van der Waals surface area contributed by atoms with E-state index in [0.717, 1.165) is 11.3 Å². The van der Waals surface area contributed by atoms with Gasteiger partial charge in [0.05, 0.1) is 7.11 Å². The summed E-state index contributed by atoms with van der Waals surface area (Å²) in [7, 11) is 1.57. The fourth-order valence-corrected chi connectivity index (χ4v) is 3.31. The predicted molar refractivity (Wildman–Crippen MR) is 107 cm³/mol. The molecule has 2 amide bonds. The van der Waals surface area contributed by atoms with Gasteiger partial charge in [0.25, 0.3) is 0 Å². The van der Waals surface area contributed by atoms with E-state index in [1.807, 2.05) is 31.2 Å². The summed E-state index contributed by atoms with van der Waals surface area (Å²) in [5.74, 6) is 0.313.